The largest absolute Gasteiger partial charge is 0.484 e. The van der Waals surface area contributed by atoms with Gasteiger partial charge in [0.25, 0.3) is 5.91 Å². The Morgan fingerprint density at radius 2 is 1.87 bits per heavy atom. The highest BCUT2D eigenvalue weighted by Crippen LogP contribution is 2.20. The van der Waals surface area contributed by atoms with Gasteiger partial charge >= 0.3 is 0 Å². The van der Waals surface area contributed by atoms with Crippen molar-refractivity contribution in [2.45, 2.75) is 32.6 Å². The van der Waals surface area contributed by atoms with E-state index in [2.05, 4.69) is 10.1 Å². The second-order valence-electron chi connectivity index (χ2n) is 5.75. The SMILES string of the molecule is Cc1nc(-c2ccc(OCC(=O)N3CCCCCC3)cc2)no1. The van der Waals surface area contributed by atoms with Crippen molar-refractivity contribution in [3.63, 3.8) is 0 Å². The molecule has 1 aromatic carbocycles. The Morgan fingerprint density at radius 3 is 2.48 bits per heavy atom. The monoisotopic (exact) mass is 315 g/mol. The Balaban J connectivity index is 1.55. The molecule has 0 saturated carbocycles. The zero-order chi connectivity index (χ0) is 16.1. The average molecular weight is 315 g/mol. The van der Waals surface area contributed by atoms with E-state index >= 15 is 0 Å². The summed E-state index contributed by atoms with van der Waals surface area (Å²) < 4.78 is 10.6. The van der Waals surface area contributed by atoms with Gasteiger partial charge in [-0.25, -0.2) is 0 Å². The van der Waals surface area contributed by atoms with Crippen LogP contribution in [0, 0.1) is 6.92 Å². The van der Waals surface area contributed by atoms with E-state index in [0.717, 1.165) is 31.5 Å². The summed E-state index contributed by atoms with van der Waals surface area (Å²) in [5.74, 6) is 1.81. The molecule has 2 heterocycles. The van der Waals surface area contributed by atoms with Crippen LogP contribution < -0.4 is 4.74 Å². The van der Waals surface area contributed by atoms with E-state index in [-0.39, 0.29) is 12.5 Å². The lowest BCUT2D eigenvalue weighted by Crippen LogP contribution is -2.35. The summed E-state index contributed by atoms with van der Waals surface area (Å²) in [4.78, 5) is 18.3. The summed E-state index contributed by atoms with van der Waals surface area (Å²) in [6.45, 7) is 3.53. The zero-order valence-electron chi connectivity index (χ0n) is 13.3. The van der Waals surface area contributed by atoms with Crippen LogP contribution in [-0.4, -0.2) is 40.6 Å². The van der Waals surface area contributed by atoms with Gasteiger partial charge in [0.05, 0.1) is 0 Å². The number of hydrogen-bond donors (Lipinski definition) is 0. The molecule has 1 aliphatic rings. The Hall–Kier alpha value is -2.37. The number of carbonyl (C=O) groups is 1. The first kappa shape index (κ1) is 15.5. The van der Waals surface area contributed by atoms with Crippen LogP contribution in [0.1, 0.15) is 31.6 Å². The molecule has 0 radical (unpaired) electrons. The molecular formula is C17H21N3O3. The third-order valence-electron chi connectivity index (χ3n) is 3.96. The highest BCUT2D eigenvalue weighted by molar-refractivity contribution is 5.77. The molecule has 1 aliphatic heterocycles. The van der Waals surface area contributed by atoms with Gasteiger partial charge < -0.3 is 14.2 Å². The molecule has 6 heteroatoms. The number of aromatic nitrogens is 2. The highest BCUT2D eigenvalue weighted by Gasteiger charge is 2.16. The van der Waals surface area contributed by atoms with Gasteiger partial charge in [-0.2, -0.15) is 4.98 Å². The summed E-state index contributed by atoms with van der Waals surface area (Å²) in [6, 6.07) is 7.35. The minimum atomic E-state index is 0.0600. The number of benzene rings is 1. The predicted molar refractivity (Wildman–Crippen MR) is 85.0 cm³/mol. The van der Waals surface area contributed by atoms with E-state index in [1.54, 1.807) is 6.92 Å². The van der Waals surface area contributed by atoms with Crippen molar-refractivity contribution in [2.24, 2.45) is 0 Å². The maximum Gasteiger partial charge on any atom is 0.260 e. The number of nitrogens with zero attached hydrogens (tertiary/aromatic N) is 3. The Kier molecular flexibility index (Phi) is 4.90. The fourth-order valence-corrected chi connectivity index (χ4v) is 2.67. The maximum atomic E-state index is 12.2. The van der Waals surface area contributed by atoms with Crippen molar-refractivity contribution in [1.82, 2.24) is 15.0 Å². The van der Waals surface area contributed by atoms with E-state index in [9.17, 15) is 4.79 Å². The molecule has 0 bridgehead atoms. The van der Waals surface area contributed by atoms with Crippen LogP contribution in [-0.2, 0) is 4.79 Å². The Morgan fingerprint density at radius 1 is 1.17 bits per heavy atom. The van der Waals surface area contributed by atoms with Gasteiger partial charge in [0.1, 0.15) is 5.75 Å². The van der Waals surface area contributed by atoms with Crippen molar-refractivity contribution in [2.75, 3.05) is 19.7 Å². The van der Waals surface area contributed by atoms with E-state index in [4.69, 9.17) is 9.26 Å². The number of amides is 1. The summed E-state index contributed by atoms with van der Waals surface area (Å²) in [7, 11) is 0. The number of hydrogen-bond acceptors (Lipinski definition) is 5. The Bertz CT molecular complexity index is 643. The van der Waals surface area contributed by atoms with Gasteiger partial charge in [-0.15, -0.1) is 0 Å². The highest BCUT2D eigenvalue weighted by atomic mass is 16.5. The third-order valence-corrected chi connectivity index (χ3v) is 3.96. The summed E-state index contributed by atoms with van der Waals surface area (Å²) >= 11 is 0. The van der Waals surface area contributed by atoms with Crippen molar-refractivity contribution in [1.29, 1.82) is 0 Å². The van der Waals surface area contributed by atoms with Crippen LogP contribution in [0.4, 0.5) is 0 Å². The van der Waals surface area contributed by atoms with E-state index in [1.807, 2.05) is 29.2 Å². The van der Waals surface area contributed by atoms with Crippen LogP contribution in [0.3, 0.4) is 0 Å². The molecule has 0 unspecified atom stereocenters. The molecule has 6 nitrogen and oxygen atoms in total. The van der Waals surface area contributed by atoms with Crippen LogP contribution in [0.2, 0.25) is 0 Å². The van der Waals surface area contributed by atoms with Crippen molar-refractivity contribution in [3.05, 3.63) is 30.2 Å². The lowest BCUT2D eigenvalue weighted by molar-refractivity contribution is -0.133. The van der Waals surface area contributed by atoms with Crippen LogP contribution in [0.15, 0.2) is 28.8 Å². The third kappa shape index (κ3) is 4.09. The molecule has 23 heavy (non-hydrogen) atoms. The molecule has 1 fully saturated rings. The smallest absolute Gasteiger partial charge is 0.260 e. The molecule has 1 amide bonds. The predicted octanol–water partition coefficient (Wildman–Crippen LogP) is 2.83. The van der Waals surface area contributed by atoms with Crippen LogP contribution in [0.5, 0.6) is 5.75 Å². The normalized spacial score (nSPS) is 15.3. The minimum absolute atomic E-state index is 0.0600. The van der Waals surface area contributed by atoms with Crippen molar-refractivity contribution >= 4 is 5.91 Å². The summed E-state index contributed by atoms with van der Waals surface area (Å²) in [6.07, 6.45) is 4.60. The number of rotatable bonds is 4. The van der Waals surface area contributed by atoms with Gasteiger partial charge in [-0.3, -0.25) is 4.79 Å². The summed E-state index contributed by atoms with van der Waals surface area (Å²) in [5, 5.41) is 3.87. The molecule has 1 saturated heterocycles. The molecule has 1 aromatic heterocycles. The molecule has 122 valence electrons. The maximum absolute atomic E-state index is 12.2. The zero-order valence-corrected chi connectivity index (χ0v) is 13.3. The minimum Gasteiger partial charge on any atom is -0.484 e. The van der Waals surface area contributed by atoms with Gasteiger partial charge in [-0.05, 0) is 37.1 Å². The van der Waals surface area contributed by atoms with Gasteiger partial charge in [0.2, 0.25) is 11.7 Å². The van der Waals surface area contributed by atoms with Crippen LogP contribution >= 0.6 is 0 Å². The first-order valence-corrected chi connectivity index (χ1v) is 8.04. The van der Waals surface area contributed by atoms with Gasteiger partial charge in [0, 0.05) is 25.6 Å². The number of carbonyl (C=O) groups excluding carboxylic acids is 1. The van der Waals surface area contributed by atoms with E-state index < -0.39 is 0 Å². The first-order chi connectivity index (χ1) is 11.2. The van der Waals surface area contributed by atoms with E-state index in [0.29, 0.717) is 17.5 Å². The molecular weight excluding hydrogens is 294 g/mol. The molecule has 0 atom stereocenters. The lowest BCUT2D eigenvalue weighted by atomic mass is 10.2. The first-order valence-electron chi connectivity index (χ1n) is 8.04. The second-order valence-corrected chi connectivity index (χ2v) is 5.75. The number of aryl methyl sites for hydroxylation is 1. The second kappa shape index (κ2) is 7.26. The molecule has 0 spiro atoms. The van der Waals surface area contributed by atoms with Gasteiger partial charge in [0.15, 0.2) is 6.61 Å². The number of likely N-dealkylation sites (tertiary alicyclic amines) is 1. The molecule has 0 N–H and O–H groups in total. The lowest BCUT2D eigenvalue weighted by Gasteiger charge is -2.20. The van der Waals surface area contributed by atoms with Crippen molar-refractivity contribution < 1.29 is 14.1 Å². The van der Waals surface area contributed by atoms with Gasteiger partial charge in [-0.1, -0.05) is 18.0 Å². The van der Waals surface area contributed by atoms with Crippen LogP contribution in [0.25, 0.3) is 11.4 Å². The molecule has 0 aliphatic carbocycles. The van der Waals surface area contributed by atoms with Crippen molar-refractivity contribution in [3.8, 4) is 17.1 Å². The Labute approximate surface area is 135 Å². The molecule has 2 aromatic rings. The fourth-order valence-electron chi connectivity index (χ4n) is 2.67. The topological polar surface area (TPSA) is 68.5 Å². The summed E-state index contributed by atoms with van der Waals surface area (Å²) in [5.41, 5.74) is 0.855. The quantitative estimate of drug-likeness (QED) is 0.868. The fraction of sp³-hybridized carbons (Fsp3) is 0.471. The molecule has 3 rings (SSSR count). The standard InChI is InChI=1S/C17H21N3O3/c1-13-18-17(19-23-13)14-6-8-15(9-7-14)22-12-16(21)20-10-4-2-3-5-11-20/h6-9H,2-5,10-12H2,1H3. The van der Waals surface area contributed by atoms with E-state index in [1.165, 1.54) is 12.8 Å². The number of ether oxygens (including phenoxy) is 1. The average Bonchev–Trinajstić information content (AvgIpc) is 2.84.